The number of urea groups is 1. The van der Waals surface area contributed by atoms with E-state index < -0.39 is 17.0 Å². The van der Waals surface area contributed by atoms with E-state index in [1.165, 1.54) is 17.0 Å². The minimum absolute atomic E-state index is 0.0171. The van der Waals surface area contributed by atoms with Gasteiger partial charge in [-0.1, -0.05) is 35.1 Å². The van der Waals surface area contributed by atoms with E-state index in [2.05, 4.69) is 15.5 Å². The van der Waals surface area contributed by atoms with Gasteiger partial charge in [0.05, 0.1) is 5.02 Å². The molecule has 1 aliphatic rings. The minimum atomic E-state index is -4.52. The van der Waals surface area contributed by atoms with Gasteiger partial charge in [-0.2, -0.15) is 13.2 Å². The van der Waals surface area contributed by atoms with E-state index in [1.54, 1.807) is 11.0 Å². The topological polar surface area (TPSA) is 61.4 Å². The molecule has 0 bridgehead atoms. The van der Waals surface area contributed by atoms with Gasteiger partial charge in [0.25, 0.3) is 0 Å². The number of nitrogens with one attached hydrogen (secondary N) is 1. The summed E-state index contributed by atoms with van der Waals surface area (Å²) in [6.45, 7) is 1.23. The van der Waals surface area contributed by atoms with Crippen molar-refractivity contribution in [3.8, 4) is 0 Å². The average molecular weight is 424 g/mol. The predicted octanol–water partition coefficient (Wildman–Crippen LogP) is 3.38. The van der Waals surface area contributed by atoms with Gasteiger partial charge in [-0.3, -0.25) is 0 Å². The Bertz CT molecular complexity index is 823. The van der Waals surface area contributed by atoms with Crippen LogP contribution < -0.4 is 10.2 Å². The van der Waals surface area contributed by atoms with Gasteiger partial charge in [0.2, 0.25) is 10.1 Å². The molecule has 3 rings (SSSR count). The van der Waals surface area contributed by atoms with Gasteiger partial charge in [0.15, 0.2) is 0 Å². The molecule has 2 amide bonds. The lowest BCUT2D eigenvalue weighted by Gasteiger charge is -2.34. The highest BCUT2D eigenvalue weighted by Gasteiger charge is 2.36. The van der Waals surface area contributed by atoms with Gasteiger partial charge in [-0.05, 0) is 6.07 Å². The van der Waals surface area contributed by atoms with Crippen molar-refractivity contribution >= 4 is 34.1 Å². The van der Waals surface area contributed by atoms with Gasteiger partial charge in [-0.25, -0.2) is 9.18 Å². The molecule has 146 valence electrons. The first-order valence-electron chi connectivity index (χ1n) is 7.87. The highest BCUT2D eigenvalue weighted by atomic mass is 35.5. The van der Waals surface area contributed by atoms with Gasteiger partial charge in [0.1, 0.15) is 5.82 Å². The lowest BCUT2D eigenvalue weighted by Crippen LogP contribution is -2.51. The zero-order valence-corrected chi connectivity index (χ0v) is 15.3. The third kappa shape index (κ3) is 4.59. The van der Waals surface area contributed by atoms with E-state index >= 15 is 0 Å². The molecule has 6 nitrogen and oxygen atoms in total. The van der Waals surface area contributed by atoms with Crippen LogP contribution >= 0.6 is 22.9 Å². The van der Waals surface area contributed by atoms with Crippen molar-refractivity contribution < 1.29 is 22.4 Å². The van der Waals surface area contributed by atoms with E-state index in [9.17, 15) is 22.4 Å². The molecule has 1 aliphatic heterocycles. The fourth-order valence-electron chi connectivity index (χ4n) is 2.53. The number of halogens is 5. The minimum Gasteiger partial charge on any atom is -0.343 e. The molecule has 1 N–H and O–H groups in total. The number of anilines is 1. The van der Waals surface area contributed by atoms with Crippen LogP contribution in [0.3, 0.4) is 0 Å². The van der Waals surface area contributed by atoms with E-state index in [-0.39, 0.29) is 28.3 Å². The summed E-state index contributed by atoms with van der Waals surface area (Å²) in [5, 5.41) is 8.49. The van der Waals surface area contributed by atoms with Crippen LogP contribution in [0, 0.1) is 5.82 Å². The Balaban J connectivity index is 1.52. The monoisotopic (exact) mass is 423 g/mol. The molecule has 1 aromatic heterocycles. The number of nitrogens with zero attached hydrogens (tertiary/aromatic N) is 4. The molecule has 2 heterocycles. The maximum Gasteiger partial charge on any atom is 0.445 e. The Morgan fingerprint density at radius 3 is 2.56 bits per heavy atom. The number of benzene rings is 1. The van der Waals surface area contributed by atoms with Crippen LogP contribution in [-0.4, -0.2) is 47.3 Å². The molecule has 0 saturated carbocycles. The van der Waals surface area contributed by atoms with Crippen molar-refractivity contribution in [2.45, 2.75) is 12.7 Å². The first-order chi connectivity index (χ1) is 12.8. The molecule has 12 heteroatoms. The summed E-state index contributed by atoms with van der Waals surface area (Å²) in [7, 11) is 0. The van der Waals surface area contributed by atoms with E-state index in [4.69, 9.17) is 11.6 Å². The predicted molar refractivity (Wildman–Crippen MR) is 92.3 cm³/mol. The molecule has 0 radical (unpaired) electrons. The molecule has 27 heavy (non-hydrogen) atoms. The fraction of sp³-hybridized carbons (Fsp3) is 0.400. The molecule has 2 aromatic rings. The van der Waals surface area contributed by atoms with Gasteiger partial charge in [0, 0.05) is 38.3 Å². The van der Waals surface area contributed by atoms with Crippen LogP contribution in [0.25, 0.3) is 0 Å². The van der Waals surface area contributed by atoms with Gasteiger partial charge < -0.3 is 15.1 Å². The Morgan fingerprint density at radius 2 is 1.93 bits per heavy atom. The first kappa shape index (κ1) is 19.6. The summed E-state index contributed by atoms with van der Waals surface area (Å²) < 4.78 is 51.6. The summed E-state index contributed by atoms with van der Waals surface area (Å²) in [6.07, 6.45) is -4.52. The quantitative estimate of drug-likeness (QED) is 0.769. The zero-order chi connectivity index (χ0) is 19.6. The van der Waals surface area contributed by atoms with Crippen molar-refractivity contribution in [1.82, 2.24) is 20.4 Å². The number of rotatable bonds is 3. The summed E-state index contributed by atoms with van der Waals surface area (Å²) in [6, 6.07) is 4.14. The van der Waals surface area contributed by atoms with Crippen LogP contribution in [0.15, 0.2) is 18.2 Å². The van der Waals surface area contributed by atoms with Crippen molar-refractivity contribution in [2.75, 3.05) is 31.1 Å². The van der Waals surface area contributed by atoms with Crippen LogP contribution in [0.4, 0.5) is 27.5 Å². The summed E-state index contributed by atoms with van der Waals surface area (Å²) in [5.74, 6) is -0.582. The highest BCUT2D eigenvalue weighted by Crippen LogP contribution is 2.34. The van der Waals surface area contributed by atoms with Gasteiger partial charge in [-0.15, -0.1) is 10.2 Å². The molecule has 0 aliphatic carbocycles. The largest absolute Gasteiger partial charge is 0.445 e. The van der Waals surface area contributed by atoms with Crippen molar-refractivity contribution in [3.63, 3.8) is 0 Å². The number of amides is 2. The number of carbonyl (C=O) groups is 1. The number of aromatic nitrogens is 2. The van der Waals surface area contributed by atoms with Crippen LogP contribution in [0.1, 0.15) is 10.6 Å². The second-order valence-corrected chi connectivity index (χ2v) is 7.10. The normalized spacial score (nSPS) is 15.1. The lowest BCUT2D eigenvalue weighted by molar-refractivity contribution is -0.138. The summed E-state index contributed by atoms with van der Waals surface area (Å²) in [4.78, 5) is 15.4. The van der Waals surface area contributed by atoms with Crippen molar-refractivity contribution in [3.05, 3.63) is 39.6 Å². The van der Waals surface area contributed by atoms with Gasteiger partial charge >= 0.3 is 12.2 Å². The standard InChI is InChI=1S/C15H14ClF4N5OS/c16-10-3-1-2-9(11(10)17)8-21-13(26)24-4-6-25(7-5-24)14-23-22-12(27-14)15(18,19)20/h1-3H,4-8H2,(H,21,26). The molecule has 1 fully saturated rings. The Kier molecular flexibility index (Phi) is 5.70. The smallest absolute Gasteiger partial charge is 0.343 e. The maximum atomic E-state index is 13.8. The van der Waals surface area contributed by atoms with E-state index in [1.807, 2.05) is 0 Å². The first-order valence-corrected chi connectivity index (χ1v) is 9.06. The van der Waals surface area contributed by atoms with Crippen LogP contribution in [0.2, 0.25) is 5.02 Å². The molecule has 1 saturated heterocycles. The lowest BCUT2D eigenvalue weighted by atomic mass is 10.2. The molecular weight excluding hydrogens is 410 g/mol. The molecular formula is C15H14ClF4N5OS. The number of alkyl halides is 3. The third-order valence-electron chi connectivity index (χ3n) is 3.96. The Labute approximate surface area is 160 Å². The summed E-state index contributed by atoms with van der Waals surface area (Å²) in [5.41, 5.74) is 0.267. The molecule has 0 spiro atoms. The zero-order valence-electron chi connectivity index (χ0n) is 13.8. The Hall–Kier alpha value is -2.14. The highest BCUT2D eigenvalue weighted by molar-refractivity contribution is 7.15. The maximum absolute atomic E-state index is 13.8. The van der Waals surface area contributed by atoms with E-state index in [0.717, 1.165) is 0 Å². The summed E-state index contributed by atoms with van der Waals surface area (Å²) >= 11 is 6.17. The number of hydrogen-bond donors (Lipinski definition) is 1. The number of piperazine rings is 1. The molecule has 1 aromatic carbocycles. The number of hydrogen-bond acceptors (Lipinski definition) is 5. The number of carbonyl (C=O) groups excluding carboxylic acids is 1. The second kappa shape index (κ2) is 7.85. The van der Waals surface area contributed by atoms with Crippen molar-refractivity contribution in [2.24, 2.45) is 0 Å². The van der Waals surface area contributed by atoms with Crippen LogP contribution in [0.5, 0.6) is 0 Å². The average Bonchev–Trinajstić information content (AvgIpc) is 3.13. The Morgan fingerprint density at radius 1 is 1.22 bits per heavy atom. The van der Waals surface area contributed by atoms with E-state index in [0.29, 0.717) is 37.5 Å². The molecule has 0 unspecified atom stereocenters. The second-order valence-electron chi connectivity index (χ2n) is 5.73. The SMILES string of the molecule is O=C(NCc1cccc(Cl)c1F)N1CCN(c2nnc(C(F)(F)F)s2)CC1. The fourth-order valence-corrected chi connectivity index (χ4v) is 3.48. The van der Waals surface area contributed by atoms with Crippen LogP contribution in [-0.2, 0) is 12.7 Å². The van der Waals surface area contributed by atoms with Crippen molar-refractivity contribution in [1.29, 1.82) is 0 Å². The third-order valence-corrected chi connectivity index (χ3v) is 5.28. The molecule has 0 atom stereocenters.